The van der Waals surface area contributed by atoms with Gasteiger partial charge in [-0.05, 0) is 37.5 Å². The molecular weight excluding hydrogens is 236 g/mol. The number of rotatable bonds is 4. The third-order valence-corrected chi connectivity index (χ3v) is 3.13. The van der Waals surface area contributed by atoms with Gasteiger partial charge in [-0.3, -0.25) is 0 Å². The van der Waals surface area contributed by atoms with E-state index < -0.39 is 0 Å². The van der Waals surface area contributed by atoms with Gasteiger partial charge in [0.1, 0.15) is 17.5 Å². The summed E-state index contributed by atoms with van der Waals surface area (Å²) in [6.07, 6.45) is 1.85. The molecule has 0 saturated heterocycles. The van der Waals surface area contributed by atoms with Crippen LogP contribution in [0.5, 0.6) is 0 Å². The second-order valence-electron chi connectivity index (χ2n) is 4.72. The molecule has 0 spiro atoms. The Balaban J connectivity index is 2.30. The van der Waals surface area contributed by atoms with Crippen LogP contribution in [-0.2, 0) is 6.42 Å². The zero-order valence-electron chi connectivity index (χ0n) is 11.7. The number of nitrogens with zero attached hydrogens (tertiary/aromatic N) is 2. The predicted molar refractivity (Wildman–Crippen MR) is 79.6 cm³/mol. The van der Waals surface area contributed by atoms with Crippen molar-refractivity contribution < 1.29 is 0 Å². The predicted octanol–water partition coefficient (Wildman–Crippen LogP) is 3.37. The van der Waals surface area contributed by atoms with E-state index >= 15 is 0 Å². The Bertz CT molecular complexity index is 578. The van der Waals surface area contributed by atoms with Crippen molar-refractivity contribution in [1.82, 2.24) is 9.97 Å². The molecule has 0 atom stereocenters. The van der Waals surface area contributed by atoms with Crippen molar-refractivity contribution in [3.8, 4) is 0 Å². The first-order valence-electron chi connectivity index (χ1n) is 6.57. The molecule has 0 aliphatic carbocycles. The summed E-state index contributed by atoms with van der Waals surface area (Å²) in [4.78, 5) is 8.72. The van der Waals surface area contributed by atoms with Gasteiger partial charge >= 0.3 is 0 Å². The molecule has 0 saturated carbocycles. The molecular formula is C15H20N4. The van der Waals surface area contributed by atoms with Crippen molar-refractivity contribution in [3.63, 3.8) is 0 Å². The summed E-state index contributed by atoms with van der Waals surface area (Å²) in [6.45, 7) is 6.29. The van der Waals surface area contributed by atoms with E-state index in [1.807, 2.05) is 12.1 Å². The lowest BCUT2D eigenvalue weighted by atomic mass is 10.1. The van der Waals surface area contributed by atoms with Crippen molar-refractivity contribution in [2.75, 3.05) is 11.1 Å². The minimum Gasteiger partial charge on any atom is -0.384 e. The van der Waals surface area contributed by atoms with E-state index in [9.17, 15) is 0 Å². The highest BCUT2D eigenvalue weighted by atomic mass is 15.1. The molecule has 0 aliphatic rings. The molecule has 0 radical (unpaired) electrons. The van der Waals surface area contributed by atoms with Gasteiger partial charge in [0.25, 0.3) is 0 Å². The Morgan fingerprint density at radius 2 is 2.00 bits per heavy atom. The van der Waals surface area contributed by atoms with Gasteiger partial charge < -0.3 is 11.1 Å². The lowest BCUT2D eigenvalue weighted by Crippen LogP contribution is -2.04. The van der Waals surface area contributed by atoms with Crippen molar-refractivity contribution in [2.24, 2.45) is 0 Å². The van der Waals surface area contributed by atoms with Crippen LogP contribution < -0.4 is 11.1 Å². The van der Waals surface area contributed by atoms with E-state index in [0.29, 0.717) is 5.82 Å². The maximum Gasteiger partial charge on any atom is 0.136 e. The van der Waals surface area contributed by atoms with Crippen LogP contribution in [0.4, 0.5) is 17.3 Å². The first-order chi connectivity index (χ1) is 9.10. The van der Waals surface area contributed by atoms with Crippen LogP contribution in [0.3, 0.4) is 0 Å². The SMILES string of the molecule is CCCc1nc(N)cc(Nc2cccc(C)c2C)n1. The Labute approximate surface area is 114 Å². The number of nitrogens with one attached hydrogen (secondary N) is 1. The zero-order chi connectivity index (χ0) is 13.8. The summed E-state index contributed by atoms with van der Waals surface area (Å²) < 4.78 is 0. The highest BCUT2D eigenvalue weighted by Gasteiger charge is 2.05. The highest BCUT2D eigenvalue weighted by molar-refractivity contribution is 5.63. The highest BCUT2D eigenvalue weighted by Crippen LogP contribution is 2.22. The van der Waals surface area contributed by atoms with Crippen LogP contribution in [0.25, 0.3) is 0 Å². The number of benzene rings is 1. The average Bonchev–Trinajstić information content (AvgIpc) is 2.35. The van der Waals surface area contributed by atoms with Gasteiger partial charge in [-0.25, -0.2) is 9.97 Å². The number of nitrogen functional groups attached to an aromatic ring is 1. The molecule has 0 aliphatic heterocycles. The van der Waals surface area contributed by atoms with Gasteiger partial charge in [-0.2, -0.15) is 0 Å². The molecule has 1 heterocycles. The lowest BCUT2D eigenvalue weighted by Gasteiger charge is -2.12. The second-order valence-corrected chi connectivity index (χ2v) is 4.72. The number of hydrogen-bond donors (Lipinski definition) is 2. The van der Waals surface area contributed by atoms with E-state index in [4.69, 9.17) is 5.73 Å². The second kappa shape index (κ2) is 5.69. The fourth-order valence-corrected chi connectivity index (χ4v) is 1.94. The smallest absolute Gasteiger partial charge is 0.136 e. The molecule has 0 bridgehead atoms. The number of nitrogens with two attached hydrogens (primary N) is 1. The molecule has 4 nitrogen and oxygen atoms in total. The molecule has 3 N–H and O–H groups in total. The summed E-state index contributed by atoms with van der Waals surface area (Å²) in [5.74, 6) is 2.05. The van der Waals surface area contributed by atoms with E-state index in [1.54, 1.807) is 6.07 Å². The number of aryl methyl sites for hydroxylation is 2. The molecule has 0 amide bonds. The summed E-state index contributed by atoms with van der Waals surface area (Å²) >= 11 is 0. The summed E-state index contributed by atoms with van der Waals surface area (Å²) in [7, 11) is 0. The summed E-state index contributed by atoms with van der Waals surface area (Å²) in [5, 5.41) is 3.32. The molecule has 19 heavy (non-hydrogen) atoms. The Morgan fingerprint density at radius 3 is 2.74 bits per heavy atom. The minimum atomic E-state index is 0.506. The number of hydrogen-bond acceptors (Lipinski definition) is 4. The number of anilines is 3. The van der Waals surface area contributed by atoms with Gasteiger partial charge in [-0.1, -0.05) is 19.1 Å². The van der Waals surface area contributed by atoms with Crippen LogP contribution in [0, 0.1) is 13.8 Å². The van der Waals surface area contributed by atoms with Gasteiger partial charge in [0, 0.05) is 18.2 Å². The van der Waals surface area contributed by atoms with Crippen LogP contribution in [0.15, 0.2) is 24.3 Å². The van der Waals surface area contributed by atoms with Crippen molar-refractivity contribution in [1.29, 1.82) is 0 Å². The van der Waals surface area contributed by atoms with Gasteiger partial charge in [0.15, 0.2) is 0 Å². The van der Waals surface area contributed by atoms with Gasteiger partial charge in [0.05, 0.1) is 0 Å². The van der Waals surface area contributed by atoms with Gasteiger partial charge in [0.2, 0.25) is 0 Å². The Hall–Kier alpha value is -2.10. The molecule has 2 rings (SSSR count). The molecule has 0 unspecified atom stereocenters. The summed E-state index contributed by atoms with van der Waals surface area (Å²) in [6, 6.07) is 7.93. The molecule has 4 heteroatoms. The topological polar surface area (TPSA) is 63.8 Å². The van der Waals surface area contributed by atoms with Crippen LogP contribution >= 0.6 is 0 Å². The van der Waals surface area contributed by atoms with E-state index in [1.165, 1.54) is 11.1 Å². The first-order valence-corrected chi connectivity index (χ1v) is 6.57. The fraction of sp³-hybridized carbons (Fsp3) is 0.333. The zero-order valence-corrected chi connectivity index (χ0v) is 11.7. The van der Waals surface area contributed by atoms with Crippen molar-refractivity contribution in [2.45, 2.75) is 33.6 Å². The Morgan fingerprint density at radius 1 is 1.21 bits per heavy atom. The first kappa shape index (κ1) is 13.3. The maximum atomic E-state index is 5.82. The van der Waals surface area contributed by atoms with E-state index in [-0.39, 0.29) is 0 Å². The summed E-state index contributed by atoms with van der Waals surface area (Å²) in [5.41, 5.74) is 9.35. The van der Waals surface area contributed by atoms with Crippen LogP contribution in [0.2, 0.25) is 0 Å². The van der Waals surface area contributed by atoms with Crippen LogP contribution in [0.1, 0.15) is 30.3 Å². The molecule has 0 fully saturated rings. The Kier molecular flexibility index (Phi) is 4.00. The normalized spacial score (nSPS) is 10.5. The standard InChI is InChI=1S/C15H20N4/c1-4-6-14-18-13(16)9-15(19-14)17-12-8-5-7-10(2)11(12)3/h5,7-9H,4,6H2,1-3H3,(H3,16,17,18,19). The molecule has 1 aromatic carbocycles. The minimum absolute atomic E-state index is 0.506. The third kappa shape index (κ3) is 3.22. The van der Waals surface area contributed by atoms with Gasteiger partial charge in [-0.15, -0.1) is 0 Å². The third-order valence-electron chi connectivity index (χ3n) is 3.13. The van der Waals surface area contributed by atoms with E-state index in [2.05, 4.69) is 42.1 Å². The lowest BCUT2D eigenvalue weighted by molar-refractivity contribution is 0.839. The fourth-order valence-electron chi connectivity index (χ4n) is 1.94. The molecule has 2 aromatic rings. The maximum absolute atomic E-state index is 5.82. The largest absolute Gasteiger partial charge is 0.384 e. The average molecular weight is 256 g/mol. The molecule has 100 valence electrons. The van der Waals surface area contributed by atoms with Crippen LogP contribution in [-0.4, -0.2) is 9.97 Å². The monoisotopic (exact) mass is 256 g/mol. The quantitative estimate of drug-likeness (QED) is 0.880. The van der Waals surface area contributed by atoms with E-state index in [0.717, 1.165) is 30.2 Å². The number of aromatic nitrogens is 2. The van der Waals surface area contributed by atoms with Crippen molar-refractivity contribution in [3.05, 3.63) is 41.2 Å². The molecule has 1 aromatic heterocycles. The van der Waals surface area contributed by atoms with Crippen molar-refractivity contribution >= 4 is 17.3 Å².